The number of ether oxygens (including phenoxy) is 1. The van der Waals surface area contributed by atoms with Crippen molar-refractivity contribution < 1.29 is 4.74 Å². The van der Waals surface area contributed by atoms with Crippen molar-refractivity contribution >= 4 is 5.96 Å². The maximum absolute atomic E-state index is 5.54. The fraction of sp³-hybridized carbons (Fsp3) is 0.786. The minimum absolute atomic E-state index is 0.0721. The molecular formula is C14H28N6O. The van der Waals surface area contributed by atoms with E-state index >= 15 is 0 Å². The molecule has 1 rings (SSSR count). The van der Waals surface area contributed by atoms with Crippen LogP contribution >= 0.6 is 0 Å². The molecule has 1 atom stereocenters. The second-order valence-electron chi connectivity index (χ2n) is 5.97. The summed E-state index contributed by atoms with van der Waals surface area (Å²) < 4.78 is 7.26. The van der Waals surface area contributed by atoms with Crippen LogP contribution in [0.15, 0.2) is 11.3 Å². The lowest BCUT2D eigenvalue weighted by atomic mass is 9.89. The van der Waals surface area contributed by atoms with Gasteiger partial charge in [-0.15, -0.1) is 0 Å². The lowest BCUT2D eigenvalue weighted by Gasteiger charge is -2.30. The first-order valence-electron chi connectivity index (χ1n) is 7.26. The average molecular weight is 296 g/mol. The number of aryl methyl sites for hydroxylation is 1. The Kier molecular flexibility index (Phi) is 6.61. The van der Waals surface area contributed by atoms with Crippen molar-refractivity contribution in [3.63, 3.8) is 0 Å². The third kappa shape index (κ3) is 5.71. The van der Waals surface area contributed by atoms with Crippen molar-refractivity contribution in [2.45, 2.75) is 40.3 Å². The molecule has 0 aliphatic rings. The Hall–Kier alpha value is -1.63. The van der Waals surface area contributed by atoms with E-state index in [1.807, 2.05) is 14.0 Å². The van der Waals surface area contributed by atoms with Crippen molar-refractivity contribution in [3.8, 4) is 0 Å². The third-order valence-corrected chi connectivity index (χ3v) is 3.23. The van der Waals surface area contributed by atoms with Crippen molar-refractivity contribution in [1.29, 1.82) is 0 Å². The Labute approximate surface area is 127 Å². The van der Waals surface area contributed by atoms with E-state index in [0.29, 0.717) is 13.1 Å². The van der Waals surface area contributed by atoms with Gasteiger partial charge in [-0.2, -0.15) is 5.10 Å². The number of rotatable bonds is 6. The number of aliphatic imine (C=N–C) groups is 1. The van der Waals surface area contributed by atoms with Crippen molar-refractivity contribution in [2.24, 2.45) is 17.5 Å². The molecule has 21 heavy (non-hydrogen) atoms. The Morgan fingerprint density at radius 3 is 2.62 bits per heavy atom. The first kappa shape index (κ1) is 17.4. The van der Waals surface area contributed by atoms with Crippen LogP contribution in [-0.2, 0) is 18.3 Å². The smallest absolute Gasteiger partial charge is 0.191 e. The molecule has 1 aromatic heterocycles. The third-order valence-electron chi connectivity index (χ3n) is 3.23. The molecule has 0 radical (unpaired) electrons. The fourth-order valence-corrected chi connectivity index (χ4v) is 1.89. The van der Waals surface area contributed by atoms with Crippen LogP contribution in [-0.4, -0.2) is 47.0 Å². The number of methoxy groups -OCH3 is 1. The van der Waals surface area contributed by atoms with E-state index < -0.39 is 0 Å². The maximum Gasteiger partial charge on any atom is 0.191 e. The van der Waals surface area contributed by atoms with E-state index in [0.717, 1.165) is 18.3 Å². The highest BCUT2D eigenvalue weighted by molar-refractivity contribution is 5.79. The number of hydrogen-bond acceptors (Lipinski definition) is 4. The summed E-state index contributed by atoms with van der Waals surface area (Å²) in [6.07, 6.45) is 1.64. The zero-order valence-corrected chi connectivity index (χ0v) is 14.0. The molecule has 0 spiro atoms. The van der Waals surface area contributed by atoms with Gasteiger partial charge in [-0.1, -0.05) is 20.8 Å². The summed E-state index contributed by atoms with van der Waals surface area (Å²) in [6, 6.07) is 0. The van der Waals surface area contributed by atoms with Crippen LogP contribution in [0.25, 0.3) is 0 Å². The summed E-state index contributed by atoms with van der Waals surface area (Å²) in [5, 5.41) is 10.6. The zero-order valence-electron chi connectivity index (χ0n) is 14.0. The normalized spacial score (nSPS) is 14.1. The molecule has 1 heterocycles. The lowest BCUT2D eigenvalue weighted by Crippen LogP contribution is -2.45. The number of nitrogens with zero attached hydrogens (tertiary/aromatic N) is 4. The summed E-state index contributed by atoms with van der Waals surface area (Å²) in [7, 11) is 3.60. The molecule has 1 aromatic rings. The van der Waals surface area contributed by atoms with Crippen LogP contribution in [0.4, 0.5) is 0 Å². The molecule has 2 N–H and O–H groups in total. The lowest BCUT2D eigenvalue weighted by molar-refractivity contribution is 0.0205. The Morgan fingerprint density at radius 2 is 2.14 bits per heavy atom. The minimum Gasteiger partial charge on any atom is -0.379 e. The predicted octanol–water partition coefficient (Wildman–Crippen LogP) is 0.931. The largest absolute Gasteiger partial charge is 0.379 e. The van der Waals surface area contributed by atoms with Gasteiger partial charge in [0.05, 0.1) is 6.10 Å². The summed E-state index contributed by atoms with van der Waals surface area (Å²) in [6.45, 7) is 10.5. The standard InChI is InChI=1S/C14H28N6O/c1-7-15-13(16-8-11(21-6)14(2,3)4)17-9-12-18-10-19-20(12)5/h10-11H,7-9H2,1-6H3,(H2,15,16,17). The van der Waals surface area contributed by atoms with Gasteiger partial charge in [-0.25, -0.2) is 9.98 Å². The van der Waals surface area contributed by atoms with Gasteiger partial charge in [-0.05, 0) is 12.3 Å². The van der Waals surface area contributed by atoms with Crippen molar-refractivity contribution in [3.05, 3.63) is 12.2 Å². The van der Waals surface area contributed by atoms with E-state index in [-0.39, 0.29) is 11.5 Å². The predicted molar refractivity (Wildman–Crippen MR) is 84.1 cm³/mol. The van der Waals surface area contributed by atoms with Crippen LogP contribution in [0, 0.1) is 5.41 Å². The van der Waals surface area contributed by atoms with Crippen LogP contribution in [0.3, 0.4) is 0 Å². The minimum atomic E-state index is 0.0721. The SMILES string of the molecule is CCNC(=NCc1ncnn1C)NCC(OC)C(C)(C)C. The summed E-state index contributed by atoms with van der Waals surface area (Å²) in [4.78, 5) is 8.68. The monoisotopic (exact) mass is 296 g/mol. The van der Waals surface area contributed by atoms with Gasteiger partial charge in [0, 0.05) is 27.2 Å². The molecule has 0 aliphatic carbocycles. The van der Waals surface area contributed by atoms with Crippen LogP contribution < -0.4 is 10.6 Å². The number of aromatic nitrogens is 3. The molecule has 120 valence electrons. The molecule has 0 amide bonds. The highest BCUT2D eigenvalue weighted by atomic mass is 16.5. The molecule has 1 unspecified atom stereocenters. The van der Waals surface area contributed by atoms with Crippen LogP contribution in [0.5, 0.6) is 0 Å². The van der Waals surface area contributed by atoms with Gasteiger partial charge in [0.15, 0.2) is 5.96 Å². The number of hydrogen-bond donors (Lipinski definition) is 2. The Morgan fingerprint density at radius 1 is 1.43 bits per heavy atom. The maximum atomic E-state index is 5.54. The summed E-state index contributed by atoms with van der Waals surface area (Å²) in [5.74, 6) is 1.58. The van der Waals surface area contributed by atoms with Crippen LogP contribution in [0.1, 0.15) is 33.5 Å². The number of nitrogens with one attached hydrogen (secondary N) is 2. The van der Waals surface area contributed by atoms with Crippen molar-refractivity contribution in [2.75, 3.05) is 20.2 Å². The second-order valence-corrected chi connectivity index (χ2v) is 5.97. The van der Waals surface area contributed by atoms with Gasteiger partial charge < -0.3 is 15.4 Å². The first-order valence-corrected chi connectivity index (χ1v) is 7.26. The van der Waals surface area contributed by atoms with Gasteiger partial charge in [0.25, 0.3) is 0 Å². The topological polar surface area (TPSA) is 76.4 Å². The van der Waals surface area contributed by atoms with Gasteiger partial charge in [0.2, 0.25) is 0 Å². The molecule has 0 aromatic carbocycles. The van der Waals surface area contributed by atoms with E-state index in [4.69, 9.17) is 4.74 Å². The first-order chi connectivity index (χ1) is 9.88. The van der Waals surface area contributed by atoms with Gasteiger partial charge in [0.1, 0.15) is 18.7 Å². The highest BCUT2D eigenvalue weighted by Gasteiger charge is 2.24. The van der Waals surface area contributed by atoms with E-state index in [1.165, 1.54) is 6.33 Å². The molecule has 7 heteroatoms. The van der Waals surface area contributed by atoms with E-state index in [1.54, 1.807) is 11.8 Å². The molecule has 0 saturated heterocycles. The Balaban J connectivity index is 2.62. The molecule has 0 saturated carbocycles. The van der Waals surface area contributed by atoms with Gasteiger partial charge >= 0.3 is 0 Å². The quantitative estimate of drug-likeness (QED) is 0.603. The second kappa shape index (κ2) is 7.97. The average Bonchev–Trinajstić information content (AvgIpc) is 2.80. The fourth-order valence-electron chi connectivity index (χ4n) is 1.89. The molecule has 0 aliphatic heterocycles. The highest BCUT2D eigenvalue weighted by Crippen LogP contribution is 2.20. The molecule has 0 fully saturated rings. The summed E-state index contributed by atoms with van der Waals surface area (Å²) >= 11 is 0. The molecule has 7 nitrogen and oxygen atoms in total. The summed E-state index contributed by atoms with van der Waals surface area (Å²) in [5.41, 5.74) is 0.0721. The van der Waals surface area contributed by atoms with E-state index in [9.17, 15) is 0 Å². The van der Waals surface area contributed by atoms with Crippen LogP contribution in [0.2, 0.25) is 0 Å². The Bertz CT molecular complexity index is 449. The van der Waals surface area contributed by atoms with Gasteiger partial charge in [-0.3, -0.25) is 4.68 Å². The van der Waals surface area contributed by atoms with Crippen molar-refractivity contribution in [1.82, 2.24) is 25.4 Å². The van der Waals surface area contributed by atoms with E-state index in [2.05, 4.69) is 46.5 Å². The molecular weight excluding hydrogens is 268 g/mol. The molecule has 0 bridgehead atoms. The zero-order chi connectivity index (χ0) is 15.9. The number of guanidine groups is 1.